The molecular weight excluding hydrogens is 408 g/mol. The van der Waals surface area contributed by atoms with E-state index in [1.54, 1.807) is 25.7 Å². The molecule has 0 saturated carbocycles. The molecule has 9 heteroatoms. The summed E-state index contributed by atoms with van der Waals surface area (Å²) >= 11 is 0. The van der Waals surface area contributed by atoms with Crippen LogP contribution in [0.1, 0.15) is 30.1 Å². The van der Waals surface area contributed by atoms with Crippen LogP contribution < -0.4 is 20.5 Å². The molecule has 1 saturated heterocycles. The van der Waals surface area contributed by atoms with E-state index >= 15 is 0 Å². The van der Waals surface area contributed by atoms with Crippen LogP contribution in [0.5, 0.6) is 11.5 Å². The van der Waals surface area contributed by atoms with E-state index in [2.05, 4.69) is 26.3 Å². The summed E-state index contributed by atoms with van der Waals surface area (Å²) in [6, 6.07) is 10.1. The van der Waals surface area contributed by atoms with Crippen LogP contribution in [0.25, 0.3) is 0 Å². The number of aromatic nitrogens is 3. The molecule has 4 rings (SSSR count). The van der Waals surface area contributed by atoms with Gasteiger partial charge in [0.05, 0.1) is 36.9 Å². The number of carbonyl (C=O) groups excluding carboxylic acids is 1. The van der Waals surface area contributed by atoms with Crippen molar-refractivity contribution < 1.29 is 14.3 Å². The summed E-state index contributed by atoms with van der Waals surface area (Å²) in [5.74, 6) is 1.24. The molecule has 0 spiro atoms. The van der Waals surface area contributed by atoms with Crippen molar-refractivity contribution in [3.63, 3.8) is 0 Å². The van der Waals surface area contributed by atoms with Crippen LogP contribution in [0.3, 0.4) is 0 Å². The topological polar surface area (TPSA) is 115 Å². The number of hydrogen-bond donors (Lipinski definition) is 2. The van der Waals surface area contributed by atoms with E-state index in [1.807, 2.05) is 30.5 Å². The number of hydrogen-bond acceptors (Lipinski definition) is 8. The lowest BCUT2D eigenvalue weighted by molar-refractivity contribution is -0.119. The SMILES string of the molecule is COc1cc(CN2CCCC2c2ccc(Nc3cnccn3)cn2)ccc1OCC(N)=O. The Morgan fingerprint density at radius 3 is 2.81 bits per heavy atom. The van der Waals surface area contributed by atoms with Crippen molar-refractivity contribution >= 4 is 17.4 Å². The zero-order valence-corrected chi connectivity index (χ0v) is 17.9. The van der Waals surface area contributed by atoms with Gasteiger partial charge in [-0.05, 0) is 49.2 Å². The molecule has 1 amide bonds. The van der Waals surface area contributed by atoms with Gasteiger partial charge in [-0.3, -0.25) is 19.7 Å². The lowest BCUT2D eigenvalue weighted by Crippen LogP contribution is -2.23. The van der Waals surface area contributed by atoms with Gasteiger partial charge in [0.2, 0.25) is 0 Å². The van der Waals surface area contributed by atoms with Crippen LogP contribution in [0.15, 0.2) is 55.1 Å². The van der Waals surface area contributed by atoms with Gasteiger partial charge in [-0.15, -0.1) is 0 Å². The van der Waals surface area contributed by atoms with E-state index in [0.717, 1.165) is 42.9 Å². The van der Waals surface area contributed by atoms with Crippen LogP contribution in [0.4, 0.5) is 11.5 Å². The quantitative estimate of drug-likeness (QED) is 0.528. The maximum atomic E-state index is 11.0. The molecule has 32 heavy (non-hydrogen) atoms. The van der Waals surface area contributed by atoms with Gasteiger partial charge in [0, 0.05) is 18.9 Å². The van der Waals surface area contributed by atoms with Crippen LogP contribution >= 0.6 is 0 Å². The summed E-state index contributed by atoms with van der Waals surface area (Å²) in [6.45, 7) is 1.57. The highest BCUT2D eigenvalue weighted by molar-refractivity contribution is 5.75. The first-order valence-electron chi connectivity index (χ1n) is 10.4. The van der Waals surface area contributed by atoms with Gasteiger partial charge < -0.3 is 20.5 Å². The standard InChI is InChI=1S/C23H26N6O3/c1-31-21-11-16(4-7-20(21)32-15-22(24)30)14-29-10-2-3-19(29)18-6-5-17(12-27-18)28-23-13-25-8-9-26-23/h4-9,11-13,19H,2-3,10,14-15H2,1H3,(H2,24,30)(H,26,28). The Balaban J connectivity index is 1.43. The molecule has 1 atom stereocenters. The number of methoxy groups -OCH3 is 1. The Kier molecular flexibility index (Phi) is 6.76. The number of primary amides is 1. The molecule has 1 aliphatic rings. The van der Waals surface area contributed by atoms with Gasteiger partial charge in [-0.1, -0.05) is 6.07 Å². The first-order chi connectivity index (χ1) is 15.6. The minimum Gasteiger partial charge on any atom is -0.493 e. The number of rotatable bonds is 9. The number of nitrogens with one attached hydrogen (secondary N) is 1. The summed E-state index contributed by atoms with van der Waals surface area (Å²) in [5.41, 5.74) is 8.17. The first kappa shape index (κ1) is 21.5. The van der Waals surface area contributed by atoms with Crippen LogP contribution in [-0.2, 0) is 11.3 Å². The maximum absolute atomic E-state index is 11.0. The first-order valence-corrected chi connectivity index (χ1v) is 10.4. The van der Waals surface area contributed by atoms with Crippen molar-refractivity contribution in [2.75, 3.05) is 25.6 Å². The summed E-state index contributed by atoms with van der Waals surface area (Å²) < 4.78 is 10.9. The number of nitrogens with zero attached hydrogens (tertiary/aromatic N) is 4. The number of benzene rings is 1. The molecule has 3 N–H and O–H groups in total. The number of carbonyl (C=O) groups is 1. The van der Waals surface area contributed by atoms with E-state index in [0.29, 0.717) is 17.3 Å². The monoisotopic (exact) mass is 434 g/mol. The lowest BCUT2D eigenvalue weighted by Gasteiger charge is -2.24. The molecule has 2 aromatic heterocycles. The zero-order chi connectivity index (χ0) is 22.3. The molecule has 0 radical (unpaired) electrons. The van der Waals surface area contributed by atoms with E-state index in [1.165, 1.54) is 0 Å². The van der Waals surface area contributed by atoms with Crippen molar-refractivity contribution in [1.29, 1.82) is 0 Å². The smallest absolute Gasteiger partial charge is 0.255 e. The Labute approximate surface area is 186 Å². The minimum absolute atomic E-state index is 0.183. The summed E-state index contributed by atoms with van der Waals surface area (Å²) in [4.78, 5) is 26.4. The van der Waals surface area contributed by atoms with E-state index in [9.17, 15) is 4.79 Å². The van der Waals surface area contributed by atoms with Gasteiger partial charge >= 0.3 is 0 Å². The average molecular weight is 435 g/mol. The van der Waals surface area contributed by atoms with Crippen molar-refractivity contribution in [2.24, 2.45) is 5.73 Å². The fourth-order valence-corrected chi connectivity index (χ4v) is 3.85. The Bertz CT molecular complexity index is 1050. The largest absolute Gasteiger partial charge is 0.493 e. The highest BCUT2D eigenvalue weighted by Gasteiger charge is 2.27. The minimum atomic E-state index is -0.526. The molecule has 0 bridgehead atoms. The van der Waals surface area contributed by atoms with Crippen LogP contribution in [0, 0.1) is 0 Å². The summed E-state index contributed by atoms with van der Waals surface area (Å²) in [6.07, 6.45) is 8.95. The molecule has 1 aliphatic heterocycles. The highest BCUT2D eigenvalue weighted by atomic mass is 16.5. The fraction of sp³-hybridized carbons (Fsp3) is 0.304. The Hall–Kier alpha value is -3.72. The normalized spacial score (nSPS) is 16.0. The summed E-state index contributed by atoms with van der Waals surface area (Å²) in [7, 11) is 1.58. The van der Waals surface area contributed by atoms with Gasteiger partial charge in [0.1, 0.15) is 5.82 Å². The second-order valence-corrected chi connectivity index (χ2v) is 7.56. The third kappa shape index (κ3) is 5.30. The predicted molar refractivity (Wildman–Crippen MR) is 120 cm³/mol. The van der Waals surface area contributed by atoms with Crippen molar-refractivity contribution in [2.45, 2.75) is 25.4 Å². The predicted octanol–water partition coefficient (Wildman–Crippen LogP) is 2.83. The van der Waals surface area contributed by atoms with Gasteiger partial charge in [0.25, 0.3) is 5.91 Å². The van der Waals surface area contributed by atoms with Crippen molar-refractivity contribution in [1.82, 2.24) is 19.9 Å². The summed E-state index contributed by atoms with van der Waals surface area (Å²) in [5, 5.41) is 3.20. The molecule has 9 nitrogen and oxygen atoms in total. The van der Waals surface area contributed by atoms with E-state index in [-0.39, 0.29) is 12.6 Å². The Morgan fingerprint density at radius 1 is 1.19 bits per heavy atom. The molecule has 3 aromatic rings. The van der Waals surface area contributed by atoms with Crippen molar-refractivity contribution in [3.05, 3.63) is 66.4 Å². The average Bonchev–Trinajstić information content (AvgIpc) is 3.27. The molecule has 1 unspecified atom stereocenters. The molecular formula is C23H26N6O3. The van der Waals surface area contributed by atoms with Gasteiger partial charge in [-0.25, -0.2) is 4.98 Å². The van der Waals surface area contributed by atoms with Crippen molar-refractivity contribution in [3.8, 4) is 11.5 Å². The number of likely N-dealkylation sites (tertiary alicyclic amines) is 1. The number of amides is 1. The highest BCUT2D eigenvalue weighted by Crippen LogP contribution is 2.34. The van der Waals surface area contributed by atoms with Gasteiger partial charge in [-0.2, -0.15) is 0 Å². The number of ether oxygens (including phenoxy) is 2. The second-order valence-electron chi connectivity index (χ2n) is 7.56. The Morgan fingerprint density at radius 2 is 2.09 bits per heavy atom. The number of anilines is 2. The molecule has 1 aromatic carbocycles. The lowest BCUT2D eigenvalue weighted by atomic mass is 10.1. The zero-order valence-electron chi connectivity index (χ0n) is 17.9. The fourth-order valence-electron chi connectivity index (χ4n) is 3.85. The molecule has 3 heterocycles. The number of pyridine rings is 1. The number of nitrogens with two attached hydrogens (primary N) is 1. The maximum Gasteiger partial charge on any atom is 0.255 e. The second kappa shape index (κ2) is 10.1. The van der Waals surface area contributed by atoms with E-state index < -0.39 is 5.91 Å². The third-order valence-electron chi connectivity index (χ3n) is 5.31. The molecule has 166 valence electrons. The van der Waals surface area contributed by atoms with Crippen LogP contribution in [0.2, 0.25) is 0 Å². The van der Waals surface area contributed by atoms with Crippen LogP contribution in [-0.4, -0.2) is 46.0 Å². The molecule has 0 aliphatic carbocycles. The molecule has 1 fully saturated rings. The third-order valence-corrected chi connectivity index (χ3v) is 5.31. The van der Waals surface area contributed by atoms with Gasteiger partial charge in [0.15, 0.2) is 18.1 Å². The van der Waals surface area contributed by atoms with E-state index in [4.69, 9.17) is 20.2 Å².